The molecule has 1 atom stereocenters. The molecule has 1 aromatic carbocycles. The van der Waals surface area contributed by atoms with Gasteiger partial charge in [0, 0.05) is 17.0 Å². The van der Waals surface area contributed by atoms with Gasteiger partial charge in [0.15, 0.2) is 5.78 Å². The summed E-state index contributed by atoms with van der Waals surface area (Å²) >= 11 is 1.48. The van der Waals surface area contributed by atoms with Gasteiger partial charge in [-0.25, -0.2) is 0 Å². The molecule has 0 aliphatic heterocycles. The fourth-order valence-electron chi connectivity index (χ4n) is 1.67. The van der Waals surface area contributed by atoms with Crippen LogP contribution in [0.1, 0.15) is 44.5 Å². The van der Waals surface area contributed by atoms with Crippen LogP contribution in [0.25, 0.3) is 0 Å². The topological polar surface area (TPSA) is 46.2 Å². The quantitative estimate of drug-likeness (QED) is 0.618. The van der Waals surface area contributed by atoms with Gasteiger partial charge in [-0.15, -0.1) is 11.8 Å². The molecule has 0 saturated carbocycles. The van der Waals surface area contributed by atoms with Gasteiger partial charge in [-0.1, -0.05) is 26.0 Å². The lowest BCUT2D eigenvalue weighted by molar-refractivity contribution is -0.120. The Bertz CT molecular complexity index is 471. The van der Waals surface area contributed by atoms with Gasteiger partial charge < -0.3 is 5.32 Å². The number of amides is 1. The molecular weight excluding hydrogens is 270 g/mol. The van der Waals surface area contributed by atoms with Gasteiger partial charge in [0.25, 0.3) is 0 Å². The molecular formula is C16H23NO2S. The summed E-state index contributed by atoms with van der Waals surface area (Å²) in [6, 6.07) is 7.40. The number of rotatable bonds is 7. The number of hydrogen-bond acceptors (Lipinski definition) is 3. The van der Waals surface area contributed by atoms with Crippen molar-refractivity contribution in [2.24, 2.45) is 5.92 Å². The van der Waals surface area contributed by atoms with Gasteiger partial charge >= 0.3 is 0 Å². The van der Waals surface area contributed by atoms with Gasteiger partial charge in [-0.05, 0) is 38.3 Å². The van der Waals surface area contributed by atoms with Crippen LogP contribution in [0, 0.1) is 5.92 Å². The van der Waals surface area contributed by atoms with Gasteiger partial charge in [0.2, 0.25) is 5.91 Å². The molecule has 0 aliphatic rings. The smallest absolute Gasteiger partial charge is 0.233 e. The van der Waals surface area contributed by atoms with Crippen molar-refractivity contribution in [3.8, 4) is 0 Å². The first-order valence-electron chi connectivity index (χ1n) is 6.95. The Morgan fingerprint density at radius 3 is 2.55 bits per heavy atom. The molecule has 0 heterocycles. The summed E-state index contributed by atoms with van der Waals surface area (Å²) in [5.74, 6) is 0.677. The number of carbonyl (C=O) groups excluding carboxylic acids is 2. The third-order valence-electron chi connectivity index (χ3n) is 2.94. The molecule has 1 unspecified atom stereocenters. The number of thioether (sulfide) groups is 1. The Morgan fingerprint density at radius 2 is 1.95 bits per heavy atom. The number of carbonyl (C=O) groups is 2. The van der Waals surface area contributed by atoms with Gasteiger partial charge in [-0.3, -0.25) is 9.59 Å². The molecule has 1 aromatic rings. The Kier molecular flexibility index (Phi) is 6.79. The monoisotopic (exact) mass is 293 g/mol. The highest BCUT2D eigenvalue weighted by Gasteiger charge is 2.14. The molecule has 0 bridgehead atoms. The fourth-order valence-corrected chi connectivity index (χ4v) is 2.62. The third-order valence-corrected chi connectivity index (χ3v) is 4.04. The summed E-state index contributed by atoms with van der Waals surface area (Å²) in [6.07, 6.45) is 0.989. The maximum absolute atomic E-state index is 11.9. The molecule has 3 nitrogen and oxygen atoms in total. The van der Waals surface area contributed by atoms with Crippen molar-refractivity contribution >= 4 is 23.5 Å². The van der Waals surface area contributed by atoms with E-state index in [1.165, 1.54) is 11.8 Å². The second-order valence-electron chi connectivity index (χ2n) is 5.32. The molecule has 1 amide bonds. The van der Waals surface area contributed by atoms with Crippen molar-refractivity contribution in [2.45, 2.75) is 44.3 Å². The lowest BCUT2D eigenvalue weighted by atomic mass is 10.1. The Hall–Kier alpha value is -1.29. The second-order valence-corrected chi connectivity index (χ2v) is 6.73. The van der Waals surface area contributed by atoms with E-state index >= 15 is 0 Å². The van der Waals surface area contributed by atoms with Crippen molar-refractivity contribution in [3.05, 3.63) is 29.8 Å². The van der Waals surface area contributed by atoms with E-state index in [9.17, 15) is 9.59 Å². The van der Waals surface area contributed by atoms with Crippen molar-refractivity contribution < 1.29 is 9.59 Å². The van der Waals surface area contributed by atoms with E-state index < -0.39 is 0 Å². The largest absolute Gasteiger partial charge is 0.355 e. The van der Waals surface area contributed by atoms with Gasteiger partial charge in [-0.2, -0.15) is 0 Å². The maximum atomic E-state index is 11.9. The number of ketones is 1. The molecule has 1 rings (SSSR count). The molecule has 0 spiro atoms. The Balaban J connectivity index is 2.52. The Labute approximate surface area is 125 Å². The molecule has 20 heavy (non-hydrogen) atoms. The minimum absolute atomic E-state index is 0.0430. The summed E-state index contributed by atoms with van der Waals surface area (Å²) < 4.78 is 0. The zero-order valence-corrected chi connectivity index (χ0v) is 13.4. The normalized spacial score (nSPS) is 12.2. The summed E-state index contributed by atoms with van der Waals surface area (Å²) in [6.45, 7) is 8.42. The van der Waals surface area contributed by atoms with Crippen molar-refractivity contribution in [2.75, 3.05) is 6.54 Å². The molecule has 0 fully saturated rings. The minimum atomic E-state index is -0.163. The van der Waals surface area contributed by atoms with Crippen LogP contribution in [0.5, 0.6) is 0 Å². The number of Topliss-reactive ketones (excluding diaryl/α,β-unsaturated/α-hetero) is 1. The summed E-state index contributed by atoms with van der Waals surface area (Å²) in [5, 5.41) is 2.78. The lowest BCUT2D eigenvalue weighted by Gasteiger charge is -2.13. The van der Waals surface area contributed by atoms with E-state index in [0.29, 0.717) is 11.5 Å². The van der Waals surface area contributed by atoms with E-state index in [-0.39, 0.29) is 16.9 Å². The van der Waals surface area contributed by atoms with E-state index in [1.54, 1.807) is 13.0 Å². The molecule has 0 aliphatic carbocycles. The lowest BCUT2D eigenvalue weighted by Crippen LogP contribution is -2.32. The first-order chi connectivity index (χ1) is 9.40. The standard InChI is InChI=1S/C16H23NO2S/c1-11(2)8-9-17-16(19)13(4)20-15-7-5-6-14(10-15)12(3)18/h5-7,10-11,13H,8-9H2,1-4H3,(H,17,19). The Morgan fingerprint density at radius 1 is 1.25 bits per heavy atom. The zero-order valence-electron chi connectivity index (χ0n) is 12.6. The minimum Gasteiger partial charge on any atom is -0.355 e. The van der Waals surface area contributed by atoms with E-state index in [0.717, 1.165) is 17.9 Å². The number of nitrogens with one attached hydrogen (secondary N) is 1. The molecule has 0 saturated heterocycles. The van der Waals surface area contributed by atoms with Crippen LogP contribution in [0.4, 0.5) is 0 Å². The van der Waals surface area contributed by atoms with Gasteiger partial charge in [0.1, 0.15) is 0 Å². The fraction of sp³-hybridized carbons (Fsp3) is 0.500. The summed E-state index contributed by atoms with van der Waals surface area (Å²) in [5.41, 5.74) is 0.683. The SMILES string of the molecule is CC(=O)c1cccc(SC(C)C(=O)NCCC(C)C)c1. The van der Waals surface area contributed by atoms with Crippen molar-refractivity contribution in [1.82, 2.24) is 5.32 Å². The van der Waals surface area contributed by atoms with E-state index in [4.69, 9.17) is 0 Å². The third kappa shape index (κ3) is 5.78. The first kappa shape index (κ1) is 16.8. The van der Waals surface area contributed by atoms with Crippen LogP contribution in [0.3, 0.4) is 0 Å². The van der Waals surface area contributed by atoms with E-state index in [1.807, 2.05) is 25.1 Å². The van der Waals surface area contributed by atoms with E-state index in [2.05, 4.69) is 19.2 Å². The molecule has 110 valence electrons. The molecule has 4 heteroatoms. The van der Waals surface area contributed by atoms with Crippen LogP contribution < -0.4 is 5.32 Å². The molecule has 0 aromatic heterocycles. The predicted octanol–water partition coefficient (Wildman–Crippen LogP) is 3.53. The highest BCUT2D eigenvalue weighted by atomic mass is 32.2. The highest BCUT2D eigenvalue weighted by Crippen LogP contribution is 2.24. The maximum Gasteiger partial charge on any atom is 0.233 e. The second kappa shape index (κ2) is 8.10. The molecule has 1 N–H and O–H groups in total. The molecule has 0 radical (unpaired) electrons. The average Bonchev–Trinajstić information content (AvgIpc) is 2.38. The highest BCUT2D eigenvalue weighted by molar-refractivity contribution is 8.00. The predicted molar refractivity (Wildman–Crippen MR) is 84.2 cm³/mol. The first-order valence-corrected chi connectivity index (χ1v) is 7.83. The van der Waals surface area contributed by atoms with Crippen LogP contribution in [-0.4, -0.2) is 23.5 Å². The number of benzene rings is 1. The van der Waals surface area contributed by atoms with Crippen LogP contribution in [-0.2, 0) is 4.79 Å². The van der Waals surface area contributed by atoms with Crippen LogP contribution >= 0.6 is 11.8 Å². The zero-order chi connectivity index (χ0) is 15.1. The summed E-state index contributed by atoms with van der Waals surface area (Å²) in [7, 11) is 0. The van der Waals surface area contributed by atoms with Crippen LogP contribution in [0.2, 0.25) is 0 Å². The summed E-state index contributed by atoms with van der Waals surface area (Å²) in [4.78, 5) is 24.2. The average molecular weight is 293 g/mol. The van der Waals surface area contributed by atoms with Crippen molar-refractivity contribution in [3.63, 3.8) is 0 Å². The van der Waals surface area contributed by atoms with Crippen LogP contribution in [0.15, 0.2) is 29.2 Å². The van der Waals surface area contributed by atoms with Gasteiger partial charge in [0.05, 0.1) is 5.25 Å². The number of hydrogen-bond donors (Lipinski definition) is 1. The van der Waals surface area contributed by atoms with Crippen molar-refractivity contribution in [1.29, 1.82) is 0 Å².